The third-order valence-electron chi connectivity index (χ3n) is 8.41. The SMILES string of the molecule is CCC1(C(O)CCCC2[C@@H](CCCC3=CCC(C(=O)OCCO)S3)C(C#N)C[C@H]2O)CCC1. The first kappa shape index (κ1) is 26.5. The maximum atomic E-state index is 12.0. The van der Waals surface area contributed by atoms with Crippen molar-refractivity contribution in [3.05, 3.63) is 11.0 Å². The van der Waals surface area contributed by atoms with Crippen LogP contribution in [0.3, 0.4) is 0 Å². The van der Waals surface area contributed by atoms with Gasteiger partial charge in [-0.05, 0) is 86.4 Å². The van der Waals surface area contributed by atoms with Gasteiger partial charge in [0.2, 0.25) is 0 Å². The molecule has 3 rings (SSSR count). The van der Waals surface area contributed by atoms with Crippen molar-refractivity contribution in [1.29, 1.82) is 5.26 Å². The fourth-order valence-corrected chi connectivity index (χ4v) is 7.32. The highest BCUT2D eigenvalue weighted by atomic mass is 32.2. The van der Waals surface area contributed by atoms with Crippen molar-refractivity contribution in [2.24, 2.45) is 23.2 Å². The molecule has 0 amide bonds. The molecule has 0 aromatic heterocycles. The van der Waals surface area contributed by atoms with Crippen molar-refractivity contribution in [3.63, 3.8) is 0 Å². The summed E-state index contributed by atoms with van der Waals surface area (Å²) in [5.74, 6) is -0.0386. The lowest BCUT2D eigenvalue weighted by atomic mass is 9.62. The standard InChI is InChI=1S/C26H41NO5S/c1-2-26(12-5-13-26)24(30)9-4-8-21-20(18(17-27)16-22(21)29)7-3-6-19-10-11-23(33-19)25(31)32-15-14-28/h10,18,20-24,28-30H,2-9,11-16H2,1H3/t18?,20-,21?,22+,23?,24?/m0/s1. The summed E-state index contributed by atoms with van der Waals surface area (Å²) in [6.45, 7) is 2.06. The number of carbonyl (C=O) groups excluding carboxylic acids is 1. The van der Waals surface area contributed by atoms with Gasteiger partial charge in [-0.3, -0.25) is 4.79 Å². The van der Waals surface area contributed by atoms with Crippen LogP contribution < -0.4 is 0 Å². The Bertz CT molecular complexity index is 710. The van der Waals surface area contributed by atoms with Crippen LogP contribution in [0.5, 0.6) is 0 Å². The van der Waals surface area contributed by atoms with E-state index in [0.29, 0.717) is 12.8 Å². The molecule has 3 aliphatic rings. The second-order valence-electron chi connectivity index (χ2n) is 10.2. The molecule has 0 aromatic carbocycles. The predicted octanol–water partition coefficient (Wildman–Crippen LogP) is 4.33. The minimum absolute atomic E-state index is 0.0443. The molecule has 0 bridgehead atoms. The van der Waals surface area contributed by atoms with Crippen LogP contribution in [0.25, 0.3) is 0 Å². The van der Waals surface area contributed by atoms with E-state index in [-0.39, 0.29) is 53.7 Å². The van der Waals surface area contributed by atoms with Gasteiger partial charge in [-0.2, -0.15) is 5.26 Å². The summed E-state index contributed by atoms with van der Waals surface area (Å²) in [7, 11) is 0. The highest BCUT2D eigenvalue weighted by Crippen LogP contribution is 2.49. The molecule has 6 nitrogen and oxygen atoms in total. The molecule has 186 valence electrons. The first-order chi connectivity index (χ1) is 15.9. The second-order valence-corrected chi connectivity index (χ2v) is 11.5. The van der Waals surface area contributed by atoms with Crippen LogP contribution in [0, 0.1) is 34.5 Å². The Morgan fingerprint density at radius 1 is 1.33 bits per heavy atom. The van der Waals surface area contributed by atoms with Gasteiger partial charge in [0.15, 0.2) is 0 Å². The Morgan fingerprint density at radius 3 is 2.73 bits per heavy atom. The minimum Gasteiger partial charge on any atom is -0.462 e. The van der Waals surface area contributed by atoms with Gasteiger partial charge in [0.1, 0.15) is 11.9 Å². The van der Waals surface area contributed by atoms with E-state index in [2.05, 4.69) is 19.1 Å². The zero-order chi connectivity index (χ0) is 23.8. The zero-order valence-corrected chi connectivity index (χ0v) is 20.8. The molecule has 2 fully saturated rings. The number of esters is 1. The van der Waals surface area contributed by atoms with Crippen LogP contribution in [0.4, 0.5) is 0 Å². The molecule has 33 heavy (non-hydrogen) atoms. The van der Waals surface area contributed by atoms with E-state index >= 15 is 0 Å². The number of hydrogen-bond acceptors (Lipinski definition) is 7. The van der Waals surface area contributed by atoms with E-state index in [4.69, 9.17) is 9.84 Å². The Kier molecular flexibility index (Phi) is 10.1. The quantitative estimate of drug-likeness (QED) is 0.337. The zero-order valence-electron chi connectivity index (χ0n) is 20.0. The molecule has 0 aromatic rings. The van der Waals surface area contributed by atoms with Crippen LogP contribution in [0.1, 0.15) is 84.0 Å². The molecule has 3 N–H and O–H groups in total. The van der Waals surface area contributed by atoms with Gasteiger partial charge in [0.25, 0.3) is 0 Å². The highest BCUT2D eigenvalue weighted by Gasteiger charge is 2.43. The van der Waals surface area contributed by atoms with Gasteiger partial charge in [-0.1, -0.05) is 25.8 Å². The van der Waals surface area contributed by atoms with Crippen molar-refractivity contribution in [2.75, 3.05) is 13.2 Å². The van der Waals surface area contributed by atoms with Crippen LogP contribution in [0.2, 0.25) is 0 Å². The molecule has 0 spiro atoms. The van der Waals surface area contributed by atoms with Gasteiger partial charge in [-0.15, -0.1) is 11.8 Å². The number of aliphatic hydroxyl groups excluding tert-OH is 3. The molecule has 7 heteroatoms. The lowest BCUT2D eigenvalue weighted by molar-refractivity contribution is -0.143. The summed E-state index contributed by atoms with van der Waals surface area (Å²) >= 11 is 1.55. The van der Waals surface area contributed by atoms with Crippen LogP contribution in [-0.4, -0.2) is 52.0 Å². The van der Waals surface area contributed by atoms with Gasteiger partial charge < -0.3 is 20.1 Å². The van der Waals surface area contributed by atoms with E-state index in [1.165, 1.54) is 11.3 Å². The molecule has 2 aliphatic carbocycles. The van der Waals surface area contributed by atoms with Crippen molar-refractivity contribution < 1.29 is 24.9 Å². The van der Waals surface area contributed by atoms with Gasteiger partial charge in [-0.25, -0.2) is 0 Å². The lowest BCUT2D eigenvalue weighted by Gasteiger charge is -2.45. The third-order valence-corrected chi connectivity index (χ3v) is 9.75. The van der Waals surface area contributed by atoms with Crippen molar-refractivity contribution in [2.45, 2.75) is 101 Å². The predicted molar refractivity (Wildman–Crippen MR) is 129 cm³/mol. The first-order valence-corrected chi connectivity index (χ1v) is 13.7. The number of nitriles is 1. The normalized spacial score (nSPS) is 31.5. The molecular formula is C26H41NO5S. The fraction of sp³-hybridized carbons (Fsp3) is 0.846. The second kappa shape index (κ2) is 12.6. The van der Waals surface area contributed by atoms with Gasteiger partial charge >= 0.3 is 5.97 Å². The van der Waals surface area contributed by atoms with Crippen molar-refractivity contribution in [1.82, 2.24) is 0 Å². The van der Waals surface area contributed by atoms with Gasteiger partial charge in [0.05, 0.1) is 30.8 Å². The number of thioether (sulfide) groups is 1. The van der Waals surface area contributed by atoms with Crippen LogP contribution >= 0.6 is 11.8 Å². The topological polar surface area (TPSA) is 111 Å². The van der Waals surface area contributed by atoms with Gasteiger partial charge in [0, 0.05) is 0 Å². The Balaban J connectivity index is 1.43. The summed E-state index contributed by atoms with van der Waals surface area (Å²) < 4.78 is 5.03. The summed E-state index contributed by atoms with van der Waals surface area (Å²) in [6, 6.07) is 2.43. The molecule has 2 saturated carbocycles. The Hall–Kier alpha value is -1.07. The summed E-state index contributed by atoms with van der Waals surface area (Å²) in [6.07, 6.45) is 12.4. The number of carbonyl (C=O) groups is 1. The summed E-state index contributed by atoms with van der Waals surface area (Å²) in [4.78, 5) is 13.2. The Labute approximate surface area is 202 Å². The van der Waals surface area contributed by atoms with E-state index in [1.807, 2.05) is 0 Å². The van der Waals surface area contributed by atoms with Crippen molar-refractivity contribution in [3.8, 4) is 6.07 Å². The first-order valence-electron chi connectivity index (χ1n) is 12.8. The molecule has 0 saturated heterocycles. The number of nitrogens with zero attached hydrogens (tertiary/aromatic N) is 1. The molecule has 0 radical (unpaired) electrons. The third kappa shape index (κ3) is 6.54. The molecule has 6 atom stereocenters. The number of rotatable bonds is 13. The average Bonchev–Trinajstić information content (AvgIpc) is 3.37. The molecule has 1 aliphatic heterocycles. The van der Waals surface area contributed by atoms with E-state index < -0.39 is 6.10 Å². The van der Waals surface area contributed by atoms with Crippen LogP contribution in [0.15, 0.2) is 11.0 Å². The lowest BCUT2D eigenvalue weighted by Crippen LogP contribution is -2.40. The number of aliphatic hydroxyl groups is 3. The minimum atomic E-state index is -0.425. The monoisotopic (exact) mass is 479 g/mol. The van der Waals surface area contributed by atoms with Crippen LogP contribution in [-0.2, 0) is 9.53 Å². The molecular weight excluding hydrogens is 438 g/mol. The molecule has 4 unspecified atom stereocenters. The maximum absolute atomic E-state index is 12.0. The smallest absolute Gasteiger partial charge is 0.319 e. The fourth-order valence-electron chi connectivity index (χ4n) is 6.14. The van der Waals surface area contributed by atoms with Crippen molar-refractivity contribution >= 4 is 17.7 Å². The van der Waals surface area contributed by atoms with E-state index in [1.54, 1.807) is 11.8 Å². The largest absolute Gasteiger partial charge is 0.462 e. The number of allylic oxidation sites excluding steroid dienone is 2. The number of ether oxygens (including phenoxy) is 1. The highest BCUT2D eigenvalue weighted by molar-refractivity contribution is 8.04. The summed E-state index contributed by atoms with van der Waals surface area (Å²) in [5.41, 5.74) is 0.123. The number of hydrogen-bond donors (Lipinski definition) is 3. The maximum Gasteiger partial charge on any atom is 0.319 e. The van der Waals surface area contributed by atoms with E-state index in [9.17, 15) is 20.3 Å². The van der Waals surface area contributed by atoms with E-state index in [0.717, 1.165) is 57.8 Å². The Morgan fingerprint density at radius 2 is 2.09 bits per heavy atom. The molecule has 1 heterocycles. The summed E-state index contributed by atoms with van der Waals surface area (Å²) in [5, 5.41) is 39.6. The average molecular weight is 480 g/mol.